The fourth-order valence-corrected chi connectivity index (χ4v) is 1.76. The summed E-state index contributed by atoms with van der Waals surface area (Å²) in [6, 6.07) is 1.97. The quantitative estimate of drug-likeness (QED) is 0.745. The smallest absolute Gasteiger partial charge is 0.167 e. The molecule has 1 rings (SSSR count). The van der Waals surface area contributed by atoms with E-state index in [1.54, 1.807) is 0 Å². The van der Waals surface area contributed by atoms with E-state index in [0.29, 0.717) is 12.5 Å². The minimum absolute atomic E-state index is 0.0587. The molecule has 0 saturated carbocycles. The number of ether oxygens (including phenoxy) is 1. The fraction of sp³-hybridized carbons (Fsp3) is 0.571. The molecule has 2 N–H and O–H groups in total. The van der Waals surface area contributed by atoms with Crippen molar-refractivity contribution in [2.45, 2.75) is 39.5 Å². The lowest BCUT2D eigenvalue weighted by atomic mass is 10.0. The van der Waals surface area contributed by atoms with Gasteiger partial charge < -0.3 is 10.5 Å². The molecule has 2 nitrogen and oxygen atoms in total. The second-order valence-corrected chi connectivity index (χ2v) is 4.53. The predicted octanol–water partition coefficient (Wildman–Crippen LogP) is 4.14. The molecule has 1 aromatic rings. The summed E-state index contributed by atoms with van der Waals surface area (Å²) in [5, 5.41) is 0. The molecule has 0 fully saturated rings. The number of benzene rings is 1. The minimum atomic E-state index is -0.645. The van der Waals surface area contributed by atoms with Crippen LogP contribution in [0.25, 0.3) is 0 Å². The number of nitrogens with two attached hydrogens (primary N) is 1. The van der Waals surface area contributed by atoms with Gasteiger partial charge in [-0.2, -0.15) is 0 Å². The highest BCUT2D eigenvalue weighted by Gasteiger charge is 2.12. The average Bonchev–Trinajstić information content (AvgIpc) is 2.35. The van der Waals surface area contributed by atoms with Crippen LogP contribution >= 0.6 is 0 Å². The zero-order chi connectivity index (χ0) is 13.5. The molecule has 1 aromatic carbocycles. The third-order valence-electron chi connectivity index (χ3n) is 3.07. The van der Waals surface area contributed by atoms with E-state index in [1.807, 2.05) is 0 Å². The van der Waals surface area contributed by atoms with Crippen molar-refractivity contribution in [3.8, 4) is 5.75 Å². The van der Waals surface area contributed by atoms with Gasteiger partial charge in [-0.25, -0.2) is 8.78 Å². The molecule has 0 aliphatic heterocycles. The van der Waals surface area contributed by atoms with Crippen LogP contribution < -0.4 is 10.5 Å². The van der Waals surface area contributed by atoms with Gasteiger partial charge in [0.15, 0.2) is 11.6 Å². The van der Waals surface area contributed by atoms with Crippen LogP contribution in [0.3, 0.4) is 0 Å². The van der Waals surface area contributed by atoms with Crippen LogP contribution in [0.4, 0.5) is 14.5 Å². The van der Waals surface area contributed by atoms with Gasteiger partial charge >= 0.3 is 0 Å². The Morgan fingerprint density at radius 3 is 2.56 bits per heavy atom. The monoisotopic (exact) mass is 257 g/mol. The fourth-order valence-electron chi connectivity index (χ4n) is 1.76. The Bertz CT molecular complexity index is 382. The van der Waals surface area contributed by atoms with Gasteiger partial charge in [-0.05, 0) is 12.3 Å². The first-order chi connectivity index (χ1) is 8.58. The minimum Gasteiger partial charge on any atom is -0.490 e. The second-order valence-electron chi connectivity index (χ2n) is 4.53. The summed E-state index contributed by atoms with van der Waals surface area (Å²) in [6.07, 6.45) is 4.27. The highest BCUT2D eigenvalue weighted by atomic mass is 19.1. The van der Waals surface area contributed by atoms with Crippen molar-refractivity contribution in [3.05, 3.63) is 23.8 Å². The number of hydrogen-bond acceptors (Lipinski definition) is 2. The topological polar surface area (TPSA) is 35.2 Å². The van der Waals surface area contributed by atoms with Crippen molar-refractivity contribution < 1.29 is 13.5 Å². The molecule has 4 heteroatoms. The van der Waals surface area contributed by atoms with Crippen LogP contribution in [0, 0.1) is 17.6 Å². The number of hydrogen-bond donors (Lipinski definition) is 1. The van der Waals surface area contributed by atoms with Crippen molar-refractivity contribution >= 4 is 5.69 Å². The van der Waals surface area contributed by atoms with Gasteiger partial charge in [0.1, 0.15) is 5.82 Å². The summed E-state index contributed by atoms with van der Waals surface area (Å²) in [4.78, 5) is 0. The van der Waals surface area contributed by atoms with E-state index in [9.17, 15) is 8.78 Å². The van der Waals surface area contributed by atoms with Gasteiger partial charge in [-0.1, -0.05) is 33.1 Å². The van der Waals surface area contributed by atoms with Crippen molar-refractivity contribution in [1.82, 2.24) is 0 Å². The highest BCUT2D eigenvalue weighted by molar-refractivity contribution is 5.44. The van der Waals surface area contributed by atoms with E-state index >= 15 is 0 Å². The zero-order valence-electron chi connectivity index (χ0n) is 11.0. The van der Waals surface area contributed by atoms with E-state index in [0.717, 1.165) is 37.8 Å². The summed E-state index contributed by atoms with van der Waals surface area (Å²) in [5.74, 6) is -0.936. The standard InChI is InChI=1S/C14H21F2NO/c1-3-5-6-10(4-2)9-18-14-8-11(15)13(17)7-12(14)16/h7-8,10H,3-6,9,17H2,1-2H3. The summed E-state index contributed by atoms with van der Waals surface area (Å²) >= 11 is 0. The molecule has 0 saturated heterocycles. The number of halogens is 2. The van der Waals surface area contributed by atoms with Gasteiger partial charge in [0, 0.05) is 12.1 Å². The van der Waals surface area contributed by atoms with Crippen LogP contribution in [0.15, 0.2) is 12.1 Å². The third-order valence-corrected chi connectivity index (χ3v) is 3.07. The van der Waals surface area contributed by atoms with Crippen LogP contribution in [0.2, 0.25) is 0 Å². The lowest BCUT2D eigenvalue weighted by Crippen LogP contribution is -2.12. The maximum Gasteiger partial charge on any atom is 0.167 e. The van der Waals surface area contributed by atoms with E-state index in [2.05, 4.69) is 13.8 Å². The number of nitrogen functional groups attached to an aromatic ring is 1. The maximum absolute atomic E-state index is 13.5. The Morgan fingerprint density at radius 1 is 1.22 bits per heavy atom. The lowest BCUT2D eigenvalue weighted by molar-refractivity contribution is 0.224. The highest BCUT2D eigenvalue weighted by Crippen LogP contribution is 2.24. The first-order valence-electron chi connectivity index (χ1n) is 6.45. The lowest BCUT2D eigenvalue weighted by Gasteiger charge is -2.16. The number of rotatable bonds is 7. The van der Waals surface area contributed by atoms with Gasteiger partial charge in [-0.15, -0.1) is 0 Å². The molecule has 0 spiro atoms. The molecular weight excluding hydrogens is 236 g/mol. The molecule has 0 amide bonds. The van der Waals surface area contributed by atoms with Gasteiger partial charge in [0.25, 0.3) is 0 Å². The normalized spacial score (nSPS) is 12.4. The summed E-state index contributed by atoms with van der Waals surface area (Å²) in [5.41, 5.74) is 5.07. The maximum atomic E-state index is 13.5. The van der Waals surface area contributed by atoms with Crippen molar-refractivity contribution in [1.29, 1.82) is 0 Å². The largest absolute Gasteiger partial charge is 0.490 e. The van der Waals surface area contributed by atoms with Gasteiger partial charge in [-0.3, -0.25) is 0 Å². The van der Waals surface area contributed by atoms with E-state index in [-0.39, 0.29) is 11.4 Å². The molecule has 1 unspecified atom stereocenters. The van der Waals surface area contributed by atoms with Crippen LogP contribution in [0.1, 0.15) is 39.5 Å². The molecule has 1 atom stereocenters. The summed E-state index contributed by atoms with van der Waals surface area (Å²) in [6.45, 7) is 4.61. The number of anilines is 1. The van der Waals surface area contributed by atoms with E-state index in [4.69, 9.17) is 10.5 Å². The van der Waals surface area contributed by atoms with Crippen molar-refractivity contribution in [3.63, 3.8) is 0 Å². The number of unbranched alkanes of at least 4 members (excludes halogenated alkanes) is 1. The Labute approximate surface area is 107 Å². The average molecular weight is 257 g/mol. The van der Waals surface area contributed by atoms with E-state index in [1.165, 1.54) is 0 Å². The van der Waals surface area contributed by atoms with Crippen LogP contribution in [0.5, 0.6) is 5.75 Å². The molecule has 0 radical (unpaired) electrons. The zero-order valence-corrected chi connectivity index (χ0v) is 11.0. The van der Waals surface area contributed by atoms with Gasteiger partial charge in [0.05, 0.1) is 12.3 Å². The van der Waals surface area contributed by atoms with Crippen molar-refractivity contribution in [2.24, 2.45) is 5.92 Å². The predicted molar refractivity (Wildman–Crippen MR) is 69.6 cm³/mol. The third kappa shape index (κ3) is 4.17. The Morgan fingerprint density at radius 2 is 1.94 bits per heavy atom. The first kappa shape index (κ1) is 14.7. The molecule has 0 aliphatic rings. The molecular formula is C14H21F2NO. The van der Waals surface area contributed by atoms with Crippen molar-refractivity contribution in [2.75, 3.05) is 12.3 Å². The molecule has 0 heterocycles. The molecule has 0 aliphatic carbocycles. The molecule has 102 valence electrons. The first-order valence-corrected chi connectivity index (χ1v) is 6.45. The Balaban J connectivity index is 2.59. The summed E-state index contributed by atoms with van der Waals surface area (Å²) in [7, 11) is 0. The van der Waals surface area contributed by atoms with E-state index < -0.39 is 11.6 Å². The van der Waals surface area contributed by atoms with Crippen LogP contribution in [-0.4, -0.2) is 6.61 Å². The molecule has 18 heavy (non-hydrogen) atoms. The van der Waals surface area contributed by atoms with Crippen LogP contribution in [-0.2, 0) is 0 Å². The molecule has 0 aromatic heterocycles. The Kier molecular flexibility index (Phi) is 5.89. The second kappa shape index (κ2) is 7.19. The Hall–Kier alpha value is -1.32. The SMILES string of the molecule is CCCCC(CC)COc1cc(F)c(N)cc1F. The molecule has 0 bridgehead atoms. The van der Waals surface area contributed by atoms with Gasteiger partial charge in [0.2, 0.25) is 0 Å². The summed E-state index contributed by atoms with van der Waals surface area (Å²) < 4.78 is 32.0.